The van der Waals surface area contributed by atoms with Crippen LogP contribution in [0.4, 0.5) is 0 Å². The van der Waals surface area contributed by atoms with Crippen molar-refractivity contribution in [1.82, 2.24) is 9.88 Å². The molecule has 2 unspecified atom stereocenters. The normalized spacial score (nSPS) is 24.1. The summed E-state index contributed by atoms with van der Waals surface area (Å²) in [5.74, 6) is 0.877. The smallest absolute Gasteiger partial charge is 0.188 e. The van der Waals surface area contributed by atoms with Gasteiger partial charge in [0.1, 0.15) is 5.69 Å². The van der Waals surface area contributed by atoms with Crippen LogP contribution in [0.1, 0.15) is 43.9 Å². The maximum Gasteiger partial charge on any atom is 0.188 e. The van der Waals surface area contributed by atoms with Crippen molar-refractivity contribution in [3.05, 3.63) is 29.6 Å². The molecule has 0 bridgehead atoms. The number of rotatable bonds is 4. The fourth-order valence-corrected chi connectivity index (χ4v) is 2.98. The third-order valence-corrected chi connectivity index (χ3v) is 4.16. The molecule has 5 heteroatoms. The van der Waals surface area contributed by atoms with Crippen molar-refractivity contribution in [2.45, 2.75) is 45.2 Å². The van der Waals surface area contributed by atoms with Gasteiger partial charge < -0.3 is 10.9 Å². The van der Waals surface area contributed by atoms with Gasteiger partial charge in [0, 0.05) is 18.8 Å². The van der Waals surface area contributed by atoms with Crippen LogP contribution >= 0.6 is 0 Å². The Hall–Kier alpha value is -1.62. The highest BCUT2D eigenvalue weighted by molar-refractivity contribution is 5.95. The highest BCUT2D eigenvalue weighted by Gasteiger charge is 2.22. The maximum absolute atomic E-state index is 8.71. The standard InChI is InChI=1S/C15H24N4O/c1-11-4-3-5-13(8-11)19(2)10-12-6-7-17-14(9-12)15(16)18-20/h6-7,9,11,13,20H,3-5,8,10H2,1-2H3,(H2,16,18). The van der Waals surface area contributed by atoms with Crippen LogP contribution in [-0.4, -0.2) is 34.0 Å². The molecule has 2 atom stereocenters. The van der Waals surface area contributed by atoms with Crippen LogP contribution < -0.4 is 5.73 Å². The van der Waals surface area contributed by atoms with Crippen molar-refractivity contribution in [2.75, 3.05) is 7.05 Å². The lowest BCUT2D eigenvalue weighted by Gasteiger charge is -2.34. The average molecular weight is 276 g/mol. The van der Waals surface area contributed by atoms with E-state index in [-0.39, 0.29) is 5.84 Å². The van der Waals surface area contributed by atoms with E-state index < -0.39 is 0 Å². The van der Waals surface area contributed by atoms with Crippen molar-refractivity contribution in [3.8, 4) is 0 Å². The molecule has 1 aliphatic carbocycles. The summed E-state index contributed by atoms with van der Waals surface area (Å²) in [7, 11) is 2.17. The van der Waals surface area contributed by atoms with E-state index >= 15 is 0 Å². The van der Waals surface area contributed by atoms with Crippen LogP contribution in [0.25, 0.3) is 0 Å². The molecule has 20 heavy (non-hydrogen) atoms. The number of hydrogen-bond donors (Lipinski definition) is 2. The Morgan fingerprint density at radius 1 is 1.55 bits per heavy atom. The molecule has 3 N–H and O–H groups in total. The molecular formula is C15H24N4O. The van der Waals surface area contributed by atoms with Crippen LogP contribution in [0.15, 0.2) is 23.5 Å². The Morgan fingerprint density at radius 2 is 2.35 bits per heavy atom. The van der Waals surface area contributed by atoms with Gasteiger partial charge in [-0.25, -0.2) is 0 Å². The Labute approximate surface area is 120 Å². The predicted octanol–water partition coefficient (Wildman–Crippen LogP) is 2.19. The van der Waals surface area contributed by atoms with E-state index in [9.17, 15) is 0 Å². The van der Waals surface area contributed by atoms with Gasteiger partial charge in [-0.05, 0) is 43.5 Å². The minimum atomic E-state index is 0.0563. The lowest BCUT2D eigenvalue weighted by Crippen LogP contribution is -2.35. The van der Waals surface area contributed by atoms with Crippen molar-refractivity contribution >= 4 is 5.84 Å². The molecule has 0 radical (unpaired) electrons. The van der Waals surface area contributed by atoms with Gasteiger partial charge in [-0.1, -0.05) is 24.9 Å². The first-order valence-corrected chi connectivity index (χ1v) is 7.23. The molecule has 1 fully saturated rings. The zero-order chi connectivity index (χ0) is 14.5. The zero-order valence-electron chi connectivity index (χ0n) is 12.3. The average Bonchev–Trinajstić information content (AvgIpc) is 2.46. The lowest BCUT2D eigenvalue weighted by molar-refractivity contribution is 0.157. The minimum Gasteiger partial charge on any atom is -0.409 e. The highest BCUT2D eigenvalue weighted by Crippen LogP contribution is 2.27. The summed E-state index contributed by atoms with van der Waals surface area (Å²) < 4.78 is 0. The summed E-state index contributed by atoms with van der Waals surface area (Å²) in [5, 5.41) is 11.7. The summed E-state index contributed by atoms with van der Waals surface area (Å²) in [6.45, 7) is 3.20. The first kappa shape index (κ1) is 14.8. The monoisotopic (exact) mass is 276 g/mol. The molecule has 1 aromatic heterocycles. The molecule has 1 aliphatic rings. The van der Waals surface area contributed by atoms with E-state index in [4.69, 9.17) is 10.9 Å². The van der Waals surface area contributed by atoms with Gasteiger partial charge in [0.15, 0.2) is 5.84 Å². The van der Waals surface area contributed by atoms with E-state index in [1.54, 1.807) is 6.20 Å². The summed E-state index contributed by atoms with van der Waals surface area (Å²) in [6.07, 6.45) is 6.93. The van der Waals surface area contributed by atoms with Gasteiger partial charge in [-0.2, -0.15) is 0 Å². The molecule has 0 aromatic carbocycles. The molecular weight excluding hydrogens is 252 g/mol. The zero-order valence-corrected chi connectivity index (χ0v) is 12.3. The second-order valence-corrected chi connectivity index (χ2v) is 5.88. The number of nitrogens with zero attached hydrogens (tertiary/aromatic N) is 3. The van der Waals surface area contributed by atoms with Crippen LogP contribution in [0.5, 0.6) is 0 Å². The molecule has 5 nitrogen and oxygen atoms in total. The number of hydrogen-bond acceptors (Lipinski definition) is 4. The molecule has 1 aromatic rings. The number of aromatic nitrogens is 1. The second-order valence-electron chi connectivity index (χ2n) is 5.88. The lowest BCUT2D eigenvalue weighted by atomic mass is 9.86. The number of oxime groups is 1. The second kappa shape index (κ2) is 6.70. The first-order valence-electron chi connectivity index (χ1n) is 7.23. The predicted molar refractivity (Wildman–Crippen MR) is 79.6 cm³/mol. The first-order chi connectivity index (χ1) is 9.60. The molecule has 0 aliphatic heterocycles. The van der Waals surface area contributed by atoms with Gasteiger partial charge in [-0.3, -0.25) is 9.88 Å². The van der Waals surface area contributed by atoms with Gasteiger partial charge in [-0.15, -0.1) is 0 Å². The van der Waals surface area contributed by atoms with Crippen LogP contribution in [0.2, 0.25) is 0 Å². The molecule has 1 saturated carbocycles. The highest BCUT2D eigenvalue weighted by atomic mass is 16.4. The van der Waals surface area contributed by atoms with Crippen LogP contribution in [0, 0.1) is 5.92 Å². The molecule has 0 saturated heterocycles. The van der Waals surface area contributed by atoms with Gasteiger partial charge >= 0.3 is 0 Å². The Kier molecular flexibility index (Phi) is 4.95. The van der Waals surface area contributed by atoms with E-state index in [2.05, 4.69) is 29.0 Å². The Morgan fingerprint density at radius 3 is 3.05 bits per heavy atom. The number of amidine groups is 1. The fourth-order valence-electron chi connectivity index (χ4n) is 2.98. The molecule has 2 rings (SSSR count). The third kappa shape index (κ3) is 3.70. The SMILES string of the molecule is CC1CCCC(N(C)Cc2ccnc(C(N)=NO)c2)C1. The van der Waals surface area contributed by atoms with Gasteiger partial charge in [0.2, 0.25) is 0 Å². The largest absolute Gasteiger partial charge is 0.409 e. The van der Waals surface area contributed by atoms with Crippen molar-refractivity contribution in [3.63, 3.8) is 0 Å². The molecule has 0 amide bonds. The van der Waals surface area contributed by atoms with Gasteiger partial charge in [0.05, 0.1) is 0 Å². The summed E-state index contributed by atoms with van der Waals surface area (Å²) in [5.41, 5.74) is 7.24. The van der Waals surface area contributed by atoms with E-state index in [0.29, 0.717) is 11.7 Å². The van der Waals surface area contributed by atoms with Gasteiger partial charge in [0.25, 0.3) is 0 Å². The van der Waals surface area contributed by atoms with E-state index in [1.807, 2.05) is 12.1 Å². The van der Waals surface area contributed by atoms with Crippen molar-refractivity contribution < 1.29 is 5.21 Å². The topological polar surface area (TPSA) is 74.7 Å². The number of pyridine rings is 1. The number of nitrogens with two attached hydrogens (primary N) is 1. The fraction of sp³-hybridized carbons (Fsp3) is 0.600. The van der Waals surface area contributed by atoms with Crippen molar-refractivity contribution in [1.29, 1.82) is 0 Å². The Balaban J connectivity index is 2.02. The summed E-state index contributed by atoms with van der Waals surface area (Å²) in [4.78, 5) is 6.51. The van der Waals surface area contributed by atoms with E-state index in [0.717, 1.165) is 18.0 Å². The van der Waals surface area contributed by atoms with Crippen molar-refractivity contribution in [2.24, 2.45) is 16.8 Å². The molecule has 1 heterocycles. The quantitative estimate of drug-likeness (QED) is 0.382. The van der Waals surface area contributed by atoms with Crippen LogP contribution in [0.3, 0.4) is 0 Å². The molecule has 110 valence electrons. The maximum atomic E-state index is 8.71. The minimum absolute atomic E-state index is 0.0563. The third-order valence-electron chi connectivity index (χ3n) is 4.16. The summed E-state index contributed by atoms with van der Waals surface area (Å²) >= 11 is 0. The van der Waals surface area contributed by atoms with Crippen LogP contribution in [-0.2, 0) is 6.54 Å². The van der Waals surface area contributed by atoms with E-state index in [1.165, 1.54) is 25.7 Å². The Bertz CT molecular complexity index is 475. The summed E-state index contributed by atoms with van der Waals surface area (Å²) in [6, 6.07) is 4.52. The molecule has 0 spiro atoms.